The van der Waals surface area contributed by atoms with Crippen LogP contribution >= 0.6 is 0 Å². The Bertz CT molecular complexity index is 739. The molecule has 22 heavy (non-hydrogen) atoms. The van der Waals surface area contributed by atoms with Crippen molar-refractivity contribution in [2.45, 2.75) is 0 Å². The minimum absolute atomic E-state index is 0. The zero-order valence-electron chi connectivity index (χ0n) is 10.8. The van der Waals surface area contributed by atoms with Crippen molar-refractivity contribution in [1.29, 1.82) is 0 Å². The van der Waals surface area contributed by atoms with Crippen molar-refractivity contribution in [1.82, 2.24) is 9.97 Å². The molecule has 10 nitrogen and oxygen atoms in total. The van der Waals surface area contributed by atoms with Crippen LogP contribution in [-0.2, 0) is 0 Å². The molecule has 0 radical (unpaired) electrons. The van der Waals surface area contributed by atoms with Gasteiger partial charge in [-0.1, -0.05) is 0 Å². The van der Waals surface area contributed by atoms with Crippen LogP contribution in [0.3, 0.4) is 0 Å². The summed E-state index contributed by atoms with van der Waals surface area (Å²) >= 11 is 0. The molecule has 2 aromatic rings. The highest BCUT2D eigenvalue weighted by molar-refractivity contribution is 5.88. The number of carboxylic acids is 1. The van der Waals surface area contributed by atoms with E-state index in [1.807, 2.05) is 4.98 Å². The van der Waals surface area contributed by atoms with E-state index < -0.39 is 28.8 Å². The van der Waals surface area contributed by atoms with Gasteiger partial charge in [-0.05, 0) is 18.2 Å². The third-order valence-electron chi connectivity index (χ3n) is 2.00. The summed E-state index contributed by atoms with van der Waals surface area (Å²) < 4.78 is 12.0. The Labute approximate surface area is 120 Å². The van der Waals surface area contributed by atoms with Crippen LogP contribution < -0.4 is 11.2 Å². The molecule has 0 saturated carbocycles. The third-order valence-corrected chi connectivity index (χ3v) is 2.00. The summed E-state index contributed by atoms with van der Waals surface area (Å²) in [7, 11) is 0. The van der Waals surface area contributed by atoms with Gasteiger partial charge >= 0.3 is 11.7 Å². The molecule has 0 aliphatic carbocycles. The lowest BCUT2D eigenvalue weighted by Gasteiger charge is -1.97. The second-order valence-corrected chi connectivity index (χ2v) is 3.43. The average Bonchev–Trinajstić information content (AvgIpc) is 2.38. The van der Waals surface area contributed by atoms with Crippen molar-refractivity contribution in [2.24, 2.45) is 0 Å². The first-order chi connectivity index (χ1) is 9.31. The molecule has 9 N–H and O–H groups in total. The second-order valence-electron chi connectivity index (χ2n) is 3.43. The first kappa shape index (κ1) is 21.1. The highest BCUT2D eigenvalue weighted by Gasteiger charge is 2.05. The van der Waals surface area contributed by atoms with Gasteiger partial charge in [0.05, 0.1) is 5.56 Å². The second kappa shape index (κ2) is 8.89. The molecule has 1 aromatic carbocycles. The van der Waals surface area contributed by atoms with E-state index >= 15 is 0 Å². The maximum Gasteiger partial charge on any atom is 0.335 e. The topological polar surface area (TPSA) is 206 Å². The number of benzene rings is 1. The summed E-state index contributed by atoms with van der Waals surface area (Å²) in [6.45, 7) is 0. The van der Waals surface area contributed by atoms with Gasteiger partial charge in [0.2, 0.25) is 5.82 Å². The fourth-order valence-electron chi connectivity index (χ4n) is 1.05. The Kier molecular flexibility index (Phi) is 8.53. The molecule has 0 aliphatic heterocycles. The van der Waals surface area contributed by atoms with E-state index in [0.29, 0.717) is 6.20 Å². The molecule has 2 rings (SSSR count). The van der Waals surface area contributed by atoms with Crippen LogP contribution in [0.1, 0.15) is 10.4 Å². The smallest absolute Gasteiger partial charge is 0.335 e. The van der Waals surface area contributed by atoms with Crippen LogP contribution in [-0.4, -0.2) is 42.2 Å². The van der Waals surface area contributed by atoms with Gasteiger partial charge in [-0.2, -0.15) is 4.39 Å². The first-order valence-corrected chi connectivity index (χ1v) is 5.04. The molecule has 0 aliphatic rings. The molecule has 11 heteroatoms. The number of nitrogens with one attached hydrogen (secondary N) is 2. The summed E-state index contributed by atoms with van der Waals surface area (Å²) in [6, 6.07) is 3.31. The van der Waals surface area contributed by atoms with Crippen LogP contribution in [0.25, 0.3) is 0 Å². The standard InChI is InChI=1S/C7H6O4.C4H3FN2O2.2H2O/c8-5-2-1-4(7(10)11)3-6(5)9;5-2-1-6-4(9)7-3(2)8;;/h1-3,8-9H,(H,10,11);1H,(H2,6,7,8,9);2*1H2. The van der Waals surface area contributed by atoms with Crippen molar-refractivity contribution in [3.8, 4) is 11.5 Å². The van der Waals surface area contributed by atoms with Gasteiger partial charge in [0, 0.05) is 6.20 Å². The maximum atomic E-state index is 12.0. The number of aromatic carboxylic acids is 1. The Morgan fingerprint density at radius 2 is 1.68 bits per heavy atom. The van der Waals surface area contributed by atoms with Crippen molar-refractivity contribution < 1.29 is 35.5 Å². The number of hydrogen-bond acceptors (Lipinski definition) is 5. The molecule has 0 amide bonds. The van der Waals surface area contributed by atoms with Gasteiger partial charge in [0.15, 0.2) is 11.5 Å². The number of phenolic OH excluding ortho intramolecular Hbond substituents is 2. The van der Waals surface area contributed by atoms with Crippen LogP contribution in [0, 0.1) is 5.82 Å². The molecule has 0 fully saturated rings. The molecule has 0 unspecified atom stereocenters. The highest BCUT2D eigenvalue weighted by atomic mass is 19.1. The maximum absolute atomic E-state index is 12.0. The molecule has 0 spiro atoms. The van der Waals surface area contributed by atoms with Crippen molar-refractivity contribution in [2.75, 3.05) is 0 Å². The number of aromatic nitrogens is 2. The van der Waals surface area contributed by atoms with Gasteiger partial charge in [-0.3, -0.25) is 9.78 Å². The largest absolute Gasteiger partial charge is 0.504 e. The van der Waals surface area contributed by atoms with Gasteiger partial charge < -0.3 is 31.3 Å². The Morgan fingerprint density at radius 3 is 2.09 bits per heavy atom. The normalized spacial score (nSPS) is 8.59. The van der Waals surface area contributed by atoms with E-state index in [1.165, 1.54) is 6.07 Å². The van der Waals surface area contributed by atoms with Crippen LogP contribution in [0.4, 0.5) is 4.39 Å². The summed E-state index contributed by atoms with van der Waals surface area (Å²) in [5, 5.41) is 26.0. The summed E-state index contributed by atoms with van der Waals surface area (Å²) in [6.07, 6.45) is 0.709. The van der Waals surface area contributed by atoms with Gasteiger partial charge in [-0.25, -0.2) is 9.59 Å². The summed E-state index contributed by atoms with van der Waals surface area (Å²) in [4.78, 5) is 34.3. The number of carboxylic acid groups (broad SMARTS) is 1. The van der Waals surface area contributed by atoms with E-state index in [1.54, 1.807) is 4.98 Å². The number of carbonyl (C=O) groups is 1. The average molecular weight is 320 g/mol. The van der Waals surface area contributed by atoms with E-state index in [4.69, 9.17) is 15.3 Å². The molecule has 122 valence electrons. The fourth-order valence-corrected chi connectivity index (χ4v) is 1.05. The number of rotatable bonds is 1. The SMILES string of the molecule is O.O.O=C(O)c1ccc(O)c(O)c1.O=c1[nH]cc(F)c(=O)[nH]1. The lowest BCUT2D eigenvalue weighted by molar-refractivity contribution is 0.0696. The van der Waals surface area contributed by atoms with E-state index in [2.05, 4.69) is 0 Å². The van der Waals surface area contributed by atoms with E-state index in [0.717, 1.165) is 12.1 Å². The van der Waals surface area contributed by atoms with Crippen molar-refractivity contribution in [3.05, 3.63) is 56.6 Å². The molecule has 1 aromatic heterocycles. The number of hydrogen-bond donors (Lipinski definition) is 5. The lowest BCUT2D eigenvalue weighted by atomic mass is 10.2. The Balaban J connectivity index is 0. The monoisotopic (exact) mass is 320 g/mol. The number of H-pyrrole nitrogens is 2. The third kappa shape index (κ3) is 5.85. The predicted octanol–water partition coefficient (Wildman–Crippen LogP) is -1.65. The zero-order valence-corrected chi connectivity index (χ0v) is 10.8. The molecule has 0 saturated heterocycles. The van der Waals surface area contributed by atoms with Crippen LogP contribution in [0.5, 0.6) is 11.5 Å². The zero-order chi connectivity index (χ0) is 15.3. The van der Waals surface area contributed by atoms with Gasteiger partial charge in [0.25, 0.3) is 5.56 Å². The van der Waals surface area contributed by atoms with Crippen LogP contribution in [0.15, 0.2) is 34.0 Å². The number of phenols is 2. The molecule has 1 heterocycles. The quantitative estimate of drug-likeness (QED) is 0.388. The van der Waals surface area contributed by atoms with Crippen LogP contribution in [0.2, 0.25) is 0 Å². The molecule has 0 bridgehead atoms. The fraction of sp³-hybridized carbons (Fsp3) is 0. The number of aromatic hydroxyl groups is 2. The summed E-state index contributed by atoms with van der Waals surface area (Å²) in [5.74, 6) is -2.88. The molecular weight excluding hydrogens is 307 g/mol. The minimum Gasteiger partial charge on any atom is -0.504 e. The highest BCUT2D eigenvalue weighted by Crippen LogP contribution is 2.24. The molecule has 0 atom stereocenters. The van der Waals surface area contributed by atoms with Gasteiger partial charge in [0.1, 0.15) is 0 Å². The van der Waals surface area contributed by atoms with E-state index in [-0.39, 0.29) is 22.3 Å². The van der Waals surface area contributed by atoms with Crippen molar-refractivity contribution >= 4 is 5.97 Å². The first-order valence-electron chi connectivity index (χ1n) is 5.04. The van der Waals surface area contributed by atoms with E-state index in [9.17, 15) is 18.8 Å². The lowest BCUT2D eigenvalue weighted by Crippen LogP contribution is -2.23. The van der Waals surface area contributed by atoms with Crippen molar-refractivity contribution in [3.63, 3.8) is 0 Å². The Morgan fingerprint density at radius 1 is 1.09 bits per heavy atom. The minimum atomic E-state index is -1.14. The molecular formula is C11H13FN2O8. The Hall–Kier alpha value is -3.18. The number of halogens is 1. The number of aromatic amines is 2. The summed E-state index contributed by atoms with van der Waals surface area (Å²) in [5.41, 5.74) is -1.76. The predicted molar refractivity (Wildman–Crippen MR) is 71.6 cm³/mol. The van der Waals surface area contributed by atoms with Gasteiger partial charge in [-0.15, -0.1) is 0 Å².